The molecular formula is C18H16BrN3O5. The van der Waals surface area contributed by atoms with Gasteiger partial charge in [-0.15, -0.1) is 0 Å². The highest BCUT2D eigenvalue weighted by Gasteiger charge is 2.13. The van der Waals surface area contributed by atoms with Gasteiger partial charge in [0.15, 0.2) is 0 Å². The van der Waals surface area contributed by atoms with E-state index in [2.05, 4.69) is 31.8 Å². The summed E-state index contributed by atoms with van der Waals surface area (Å²) in [5.74, 6) is -2.43. The van der Waals surface area contributed by atoms with Gasteiger partial charge in [0.2, 0.25) is 0 Å². The van der Waals surface area contributed by atoms with Gasteiger partial charge in [-0.1, -0.05) is 15.9 Å². The number of carbonyl (C=O) groups is 3. The molecule has 0 aliphatic heterocycles. The van der Waals surface area contributed by atoms with Gasteiger partial charge in [-0.05, 0) is 49.4 Å². The first kappa shape index (κ1) is 20.1. The van der Waals surface area contributed by atoms with E-state index in [0.717, 1.165) is 4.47 Å². The van der Waals surface area contributed by atoms with Gasteiger partial charge in [-0.25, -0.2) is 10.2 Å². The number of nitrogens with zero attached hydrogens (tertiary/aromatic N) is 1. The lowest BCUT2D eigenvalue weighted by Crippen LogP contribution is -2.32. The highest BCUT2D eigenvalue weighted by atomic mass is 79.9. The zero-order chi connectivity index (χ0) is 19.8. The topological polar surface area (TPSA) is 117 Å². The number of aromatic hydroxyl groups is 1. The third kappa shape index (κ3) is 5.93. The number of benzene rings is 2. The summed E-state index contributed by atoms with van der Waals surface area (Å²) in [5, 5.41) is 15.7. The van der Waals surface area contributed by atoms with E-state index in [4.69, 9.17) is 4.74 Å². The maximum atomic E-state index is 11.9. The van der Waals surface area contributed by atoms with E-state index in [1.807, 2.05) is 0 Å². The maximum Gasteiger partial charge on any atom is 0.338 e. The molecule has 0 aliphatic rings. The first-order valence-electron chi connectivity index (χ1n) is 7.80. The van der Waals surface area contributed by atoms with Crippen LogP contribution in [0.4, 0.5) is 5.69 Å². The molecule has 0 spiro atoms. The van der Waals surface area contributed by atoms with Crippen molar-refractivity contribution in [2.24, 2.45) is 5.10 Å². The van der Waals surface area contributed by atoms with Crippen LogP contribution >= 0.6 is 15.9 Å². The van der Waals surface area contributed by atoms with Gasteiger partial charge in [0.25, 0.3) is 0 Å². The van der Waals surface area contributed by atoms with E-state index in [-0.39, 0.29) is 12.4 Å². The molecule has 0 unspecified atom stereocenters. The summed E-state index contributed by atoms with van der Waals surface area (Å²) in [7, 11) is 0. The average Bonchev–Trinajstić information content (AvgIpc) is 2.65. The molecule has 2 aromatic rings. The number of hydrogen-bond acceptors (Lipinski definition) is 6. The molecule has 140 valence electrons. The number of esters is 1. The zero-order valence-corrected chi connectivity index (χ0v) is 15.8. The molecule has 0 saturated carbocycles. The van der Waals surface area contributed by atoms with Crippen molar-refractivity contribution >= 4 is 45.6 Å². The van der Waals surface area contributed by atoms with Crippen LogP contribution in [-0.2, 0) is 14.3 Å². The molecule has 2 aromatic carbocycles. The fourth-order valence-corrected chi connectivity index (χ4v) is 2.31. The Kier molecular flexibility index (Phi) is 7.07. The Morgan fingerprint density at radius 1 is 1.15 bits per heavy atom. The van der Waals surface area contributed by atoms with E-state index < -0.39 is 17.8 Å². The number of halogens is 1. The molecule has 2 amide bonds. The van der Waals surface area contributed by atoms with Crippen LogP contribution in [0.5, 0.6) is 5.75 Å². The number of nitrogens with one attached hydrogen (secondary N) is 2. The van der Waals surface area contributed by atoms with Crippen molar-refractivity contribution in [3.8, 4) is 5.75 Å². The molecule has 0 radical (unpaired) electrons. The third-order valence-electron chi connectivity index (χ3n) is 3.22. The Labute approximate surface area is 163 Å². The van der Waals surface area contributed by atoms with Gasteiger partial charge in [0.1, 0.15) is 5.75 Å². The molecule has 0 atom stereocenters. The highest BCUT2D eigenvalue weighted by molar-refractivity contribution is 9.10. The second-order valence-electron chi connectivity index (χ2n) is 5.15. The number of carbonyl (C=O) groups excluding carboxylic acids is 3. The number of phenols is 1. The Morgan fingerprint density at radius 3 is 2.52 bits per heavy atom. The monoisotopic (exact) mass is 433 g/mol. The summed E-state index contributed by atoms with van der Waals surface area (Å²) in [4.78, 5) is 35.2. The Bertz CT molecular complexity index is 881. The van der Waals surface area contributed by atoms with Gasteiger partial charge in [0, 0.05) is 15.7 Å². The quantitative estimate of drug-likeness (QED) is 0.289. The van der Waals surface area contributed by atoms with E-state index in [1.165, 1.54) is 36.5 Å². The second-order valence-corrected chi connectivity index (χ2v) is 6.07. The van der Waals surface area contributed by atoms with Crippen molar-refractivity contribution in [2.45, 2.75) is 6.92 Å². The number of ether oxygens (including phenoxy) is 1. The molecule has 0 bridgehead atoms. The Morgan fingerprint density at radius 2 is 1.85 bits per heavy atom. The second kappa shape index (κ2) is 9.48. The van der Waals surface area contributed by atoms with Crippen LogP contribution in [0.15, 0.2) is 52.0 Å². The molecule has 0 aromatic heterocycles. The average molecular weight is 434 g/mol. The molecular weight excluding hydrogens is 418 g/mol. The van der Waals surface area contributed by atoms with Crippen molar-refractivity contribution in [3.05, 3.63) is 58.1 Å². The summed E-state index contributed by atoms with van der Waals surface area (Å²) < 4.78 is 5.58. The number of amides is 2. The van der Waals surface area contributed by atoms with Gasteiger partial charge >= 0.3 is 17.8 Å². The van der Waals surface area contributed by atoms with Crippen molar-refractivity contribution in [1.29, 1.82) is 0 Å². The van der Waals surface area contributed by atoms with E-state index in [0.29, 0.717) is 16.8 Å². The van der Waals surface area contributed by atoms with Crippen LogP contribution in [0.2, 0.25) is 0 Å². The van der Waals surface area contributed by atoms with E-state index >= 15 is 0 Å². The lowest BCUT2D eigenvalue weighted by atomic mass is 10.2. The molecule has 3 N–H and O–H groups in total. The molecule has 0 aliphatic carbocycles. The Hall–Kier alpha value is -3.20. The minimum Gasteiger partial charge on any atom is -0.507 e. The SMILES string of the molecule is CCOC(=O)c1ccc(NC(=O)C(=O)N/N=C\c2cc(Br)ccc2O)cc1. The zero-order valence-electron chi connectivity index (χ0n) is 14.2. The minimum absolute atomic E-state index is 0.0256. The largest absolute Gasteiger partial charge is 0.507 e. The molecule has 9 heteroatoms. The first-order chi connectivity index (χ1) is 12.9. The molecule has 0 heterocycles. The lowest BCUT2D eigenvalue weighted by Gasteiger charge is -2.05. The smallest absolute Gasteiger partial charge is 0.338 e. The molecule has 27 heavy (non-hydrogen) atoms. The molecule has 0 fully saturated rings. The summed E-state index contributed by atoms with van der Waals surface area (Å²) in [6.07, 6.45) is 1.21. The predicted octanol–water partition coefficient (Wildman–Crippen LogP) is 2.42. The highest BCUT2D eigenvalue weighted by Crippen LogP contribution is 2.19. The molecule has 2 rings (SSSR count). The number of anilines is 1. The van der Waals surface area contributed by atoms with E-state index in [1.54, 1.807) is 19.1 Å². The van der Waals surface area contributed by atoms with Crippen molar-refractivity contribution < 1.29 is 24.2 Å². The Balaban J connectivity index is 1.91. The normalized spacial score (nSPS) is 10.4. The van der Waals surface area contributed by atoms with Crippen LogP contribution in [0, 0.1) is 0 Å². The fraction of sp³-hybridized carbons (Fsp3) is 0.111. The summed E-state index contributed by atoms with van der Waals surface area (Å²) in [6, 6.07) is 10.6. The van der Waals surface area contributed by atoms with Crippen LogP contribution in [0.3, 0.4) is 0 Å². The van der Waals surface area contributed by atoms with Crippen LogP contribution < -0.4 is 10.7 Å². The van der Waals surface area contributed by atoms with E-state index in [9.17, 15) is 19.5 Å². The summed E-state index contributed by atoms with van der Waals surface area (Å²) >= 11 is 3.25. The number of rotatable bonds is 5. The third-order valence-corrected chi connectivity index (χ3v) is 3.71. The van der Waals surface area contributed by atoms with Gasteiger partial charge in [-0.3, -0.25) is 9.59 Å². The molecule has 0 saturated heterocycles. The minimum atomic E-state index is -0.991. The lowest BCUT2D eigenvalue weighted by molar-refractivity contribution is -0.136. The number of hydrazone groups is 1. The van der Waals surface area contributed by atoms with Gasteiger partial charge in [-0.2, -0.15) is 5.10 Å². The predicted molar refractivity (Wildman–Crippen MR) is 103 cm³/mol. The number of phenolic OH excluding ortho intramolecular Hbond substituents is 1. The molecule has 8 nitrogen and oxygen atoms in total. The standard InChI is InChI=1S/C18H16BrN3O5/c1-2-27-18(26)11-3-6-14(7-4-11)21-16(24)17(25)22-20-10-12-9-13(19)5-8-15(12)23/h3-10,23H,2H2,1H3,(H,21,24)(H,22,25)/b20-10-. The number of hydrogen-bond donors (Lipinski definition) is 3. The van der Waals surface area contributed by atoms with Crippen molar-refractivity contribution in [1.82, 2.24) is 5.43 Å². The van der Waals surface area contributed by atoms with Gasteiger partial charge < -0.3 is 15.2 Å². The fourth-order valence-electron chi connectivity index (χ4n) is 1.93. The first-order valence-corrected chi connectivity index (χ1v) is 8.60. The maximum absolute atomic E-state index is 11.9. The summed E-state index contributed by atoms with van der Waals surface area (Å²) in [6.45, 7) is 1.96. The van der Waals surface area contributed by atoms with Crippen LogP contribution in [0.1, 0.15) is 22.8 Å². The summed E-state index contributed by atoms with van der Waals surface area (Å²) in [5.41, 5.74) is 3.08. The van der Waals surface area contributed by atoms with Gasteiger partial charge in [0.05, 0.1) is 18.4 Å². The van der Waals surface area contributed by atoms with Crippen LogP contribution in [-0.4, -0.2) is 35.7 Å². The van der Waals surface area contributed by atoms with Crippen molar-refractivity contribution in [2.75, 3.05) is 11.9 Å². The van der Waals surface area contributed by atoms with Crippen LogP contribution in [0.25, 0.3) is 0 Å². The van der Waals surface area contributed by atoms with Crippen molar-refractivity contribution in [3.63, 3.8) is 0 Å².